The third kappa shape index (κ3) is 2.25. The van der Waals surface area contributed by atoms with Crippen LogP contribution in [0.25, 0.3) is 0 Å². The smallest absolute Gasteiger partial charge is 0.264 e. The van der Waals surface area contributed by atoms with Gasteiger partial charge in [-0.05, 0) is 55.2 Å². The zero-order valence-electron chi connectivity index (χ0n) is 13.0. The van der Waals surface area contributed by atoms with Crippen molar-refractivity contribution in [2.24, 2.45) is 0 Å². The van der Waals surface area contributed by atoms with Crippen LogP contribution in [-0.4, -0.2) is 22.1 Å². The van der Waals surface area contributed by atoms with Crippen molar-refractivity contribution >= 4 is 15.7 Å². The van der Waals surface area contributed by atoms with Gasteiger partial charge in [0, 0.05) is 6.54 Å². The highest BCUT2D eigenvalue weighted by molar-refractivity contribution is 7.93. The van der Waals surface area contributed by atoms with Gasteiger partial charge in [0.25, 0.3) is 10.0 Å². The lowest BCUT2D eigenvalue weighted by atomic mass is 10.1. The normalized spacial score (nSPS) is 14.0. The Morgan fingerprint density at radius 3 is 2.55 bits per heavy atom. The lowest BCUT2D eigenvalue weighted by molar-refractivity contribution is 0.414. The van der Waals surface area contributed by atoms with E-state index < -0.39 is 10.0 Å². The predicted molar refractivity (Wildman–Crippen MR) is 87.1 cm³/mol. The fraction of sp³-hybridized carbons (Fsp3) is 0.294. The second-order valence-electron chi connectivity index (χ2n) is 5.54. The van der Waals surface area contributed by atoms with E-state index >= 15 is 0 Å². The molecule has 0 N–H and O–H groups in total. The van der Waals surface area contributed by atoms with Crippen LogP contribution in [0.4, 0.5) is 5.69 Å². The zero-order chi connectivity index (χ0) is 15.9. The van der Waals surface area contributed by atoms with Crippen LogP contribution in [0.1, 0.15) is 16.7 Å². The van der Waals surface area contributed by atoms with Crippen LogP contribution < -0.4 is 9.04 Å². The Labute approximate surface area is 131 Å². The summed E-state index contributed by atoms with van der Waals surface area (Å²) in [4.78, 5) is 0.337. The van der Waals surface area contributed by atoms with Crippen LogP contribution in [0.15, 0.2) is 41.3 Å². The van der Waals surface area contributed by atoms with Gasteiger partial charge in [-0.1, -0.05) is 18.2 Å². The van der Waals surface area contributed by atoms with E-state index in [0.29, 0.717) is 22.8 Å². The first-order valence-corrected chi connectivity index (χ1v) is 8.65. The van der Waals surface area contributed by atoms with Crippen molar-refractivity contribution in [1.29, 1.82) is 0 Å². The van der Waals surface area contributed by atoms with Crippen molar-refractivity contribution in [3.8, 4) is 5.75 Å². The van der Waals surface area contributed by atoms with E-state index in [-0.39, 0.29) is 0 Å². The fourth-order valence-corrected chi connectivity index (χ4v) is 4.79. The molecule has 22 heavy (non-hydrogen) atoms. The molecule has 0 fully saturated rings. The molecule has 0 unspecified atom stereocenters. The SMILES string of the molecule is COc1ccc(S(=O)(=O)N2CCc3cccc(C)c32)c(C)c1. The Kier molecular flexibility index (Phi) is 3.60. The monoisotopic (exact) mass is 317 g/mol. The summed E-state index contributed by atoms with van der Waals surface area (Å²) in [5.41, 5.74) is 3.61. The number of anilines is 1. The summed E-state index contributed by atoms with van der Waals surface area (Å²) in [5.74, 6) is 0.662. The Morgan fingerprint density at radius 2 is 1.86 bits per heavy atom. The van der Waals surface area contributed by atoms with Crippen LogP contribution in [0.2, 0.25) is 0 Å². The summed E-state index contributed by atoms with van der Waals surface area (Å²) in [6, 6.07) is 11.0. The molecule has 1 aliphatic rings. The Hall–Kier alpha value is -2.01. The van der Waals surface area contributed by atoms with E-state index in [1.54, 1.807) is 32.2 Å². The van der Waals surface area contributed by atoms with E-state index in [1.165, 1.54) is 4.31 Å². The lowest BCUT2D eigenvalue weighted by Crippen LogP contribution is -2.30. The van der Waals surface area contributed by atoms with Gasteiger partial charge in [0.15, 0.2) is 0 Å². The second kappa shape index (κ2) is 5.32. The molecule has 3 rings (SSSR count). The van der Waals surface area contributed by atoms with Crippen LogP contribution in [0.5, 0.6) is 5.75 Å². The molecule has 0 aromatic heterocycles. The summed E-state index contributed by atoms with van der Waals surface area (Å²) >= 11 is 0. The molecule has 0 aliphatic carbocycles. The van der Waals surface area contributed by atoms with E-state index in [2.05, 4.69) is 0 Å². The van der Waals surface area contributed by atoms with E-state index in [4.69, 9.17) is 4.74 Å². The molecule has 4 nitrogen and oxygen atoms in total. The van der Waals surface area contributed by atoms with Gasteiger partial charge in [-0.3, -0.25) is 4.31 Å². The van der Waals surface area contributed by atoms with Crippen LogP contribution in [0, 0.1) is 13.8 Å². The number of aryl methyl sites for hydroxylation is 2. The largest absolute Gasteiger partial charge is 0.497 e. The highest BCUT2D eigenvalue weighted by Crippen LogP contribution is 2.36. The van der Waals surface area contributed by atoms with Gasteiger partial charge in [-0.25, -0.2) is 8.42 Å². The highest BCUT2D eigenvalue weighted by atomic mass is 32.2. The molecular formula is C17H19NO3S. The van der Waals surface area contributed by atoms with Gasteiger partial charge in [-0.2, -0.15) is 0 Å². The Bertz CT molecular complexity index is 828. The number of hydrogen-bond donors (Lipinski definition) is 0. The van der Waals surface area contributed by atoms with Crippen LogP contribution in [-0.2, 0) is 16.4 Å². The highest BCUT2D eigenvalue weighted by Gasteiger charge is 2.32. The summed E-state index contributed by atoms with van der Waals surface area (Å²) in [6.07, 6.45) is 0.755. The maximum absolute atomic E-state index is 13.1. The number of fused-ring (bicyclic) bond motifs is 1. The minimum atomic E-state index is -3.55. The minimum absolute atomic E-state index is 0.337. The van der Waals surface area contributed by atoms with Gasteiger partial charge < -0.3 is 4.74 Å². The molecule has 1 heterocycles. The molecule has 0 atom stereocenters. The average Bonchev–Trinajstić information content (AvgIpc) is 2.93. The molecule has 5 heteroatoms. The molecule has 0 spiro atoms. The molecule has 0 amide bonds. The van der Waals surface area contributed by atoms with Gasteiger partial charge in [0.2, 0.25) is 0 Å². The van der Waals surface area contributed by atoms with E-state index in [1.807, 2.05) is 25.1 Å². The standard InChI is InChI=1S/C17H19NO3S/c1-12-5-4-6-14-9-10-18(17(12)14)22(19,20)16-8-7-15(21-3)11-13(16)2/h4-8,11H,9-10H2,1-3H3. The number of para-hydroxylation sites is 1. The molecule has 1 aliphatic heterocycles. The molecular weight excluding hydrogens is 298 g/mol. The van der Waals surface area contributed by atoms with Gasteiger partial charge >= 0.3 is 0 Å². The van der Waals surface area contributed by atoms with Gasteiger partial charge in [0.05, 0.1) is 17.7 Å². The molecule has 0 radical (unpaired) electrons. The average molecular weight is 317 g/mol. The first-order chi connectivity index (χ1) is 10.4. The summed E-state index contributed by atoms with van der Waals surface area (Å²) < 4.78 is 32.8. The molecule has 0 bridgehead atoms. The van der Waals surface area contributed by atoms with Crippen LogP contribution >= 0.6 is 0 Å². The van der Waals surface area contributed by atoms with Crippen molar-refractivity contribution in [2.45, 2.75) is 25.2 Å². The fourth-order valence-electron chi connectivity index (χ4n) is 3.01. The van der Waals surface area contributed by atoms with Crippen molar-refractivity contribution in [2.75, 3.05) is 18.0 Å². The number of hydrogen-bond acceptors (Lipinski definition) is 3. The third-order valence-electron chi connectivity index (χ3n) is 4.11. The van der Waals surface area contributed by atoms with Crippen LogP contribution in [0.3, 0.4) is 0 Å². The van der Waals surface area contributed by atoms with Crippen molar-refractivity contribution < 1.29 is 13.2 Å². The van der Waals surface area contributed by atoms with Crippen molar-refractivity contribution in [3.63, 3.8) is 0 Å². The van der Waals surface area contributed by atoms with Crippen molar-refractivity contribution in [3.05, 3.63) is 53.1 Å². The first kappa shape index (κ1) is 14.9. The zero-order valence-corrected chi connectivity index (χ0v) is 13.8. The second-order valence-corrected chi connectivity index (χ2v) is 7.37. The van der Waals surface area contributed by atoms with E-state index in [9.17, 15) is 8.42 Å². The Balaban J connectivity index is 2.10. The molecule has 0 saturated heterocycles. The number of methoxy groups -OCH3 is 1. The Morgan fingerprint density at radius 1 is 1.09 bits per heavy atom. The quantitative estimate of drug-likeness (QED) is 0.874. The molecule has 2 aromatic rings. The lowest BCUT2D eigenvalue weighted by Gasteiger charge is -2.22. The number of rotatable bonds is 3. The number of sulfonamides is 1. The number of nitrogens with zero attached hydrogens (tertiary/aromatic N) is 1. The summed E-state index contributed by atoms with van der Waals surface area (Å²) in [5, 5.41) is 0. The minimum Gasteiger partial charge on any atom is -0.497 e. The summed E-state index contributed by atoms with van der Waals surface area (Å²) in [7, 11) is -1.98. The summed E-state index contributed by atoms with van der Waals surface area (Å²) in [6.45, 7) is 4.24. The number of ether oxygens (including phenoxy) is 1. The maximum atomic E-state index is 13.1. The first-order valence-electron chi connectivity index (χ1n) is 7.21. The van der Waals surface area contributed by atoms with Crippen molar-refractivity contribution in [1.82, 2.24) is 0 Å². The number of benzene rings is 2. The molecule has 116 valence electrons. The third-order valence-corrected chi connectivity index (χ3v) is 6.06. The van der Waals surface area contributed by atoms with E-state index in [0.717, 1.165) is 23.2 Å². The van der Waals surface area contributed by atoms with Gasteiger partial charge in [-0.15, -0.1) is 0 Å². The molecule has 0 saturated carbocycles. The molecule has 2 aromatic carbocycles. The van der Waals surface area contributed by atoms with Gasteiger partial charge in [0.1, 0.15) is 5.75 Å². The maximum Gasteiger partial charge on any atom is 0.264 e. The topological polar surface area (TPSA) is 46.6 Å². The predicted octanol–water partition coefficient (Wildman–Crippen LogP) is 3.06.